The highest BCUT2D eigenvalue weighted by molar-refractivity contribution is 5.93. The van der Waals surface area contributed by atoms with E-state index in [-0.39, 0.29) is 11.2 Å². The van der Waals surface area contributed by atoms with Crippen LogP contribution in [0.25, 0.3) is 10.8 Å². The Bertz CT molecular complexity index is 628. The van der Waals surface area contributed by atoms with Crippen LogP contribution in [0.1, 0.15) is 34.1 Å². The lowest BCUT2D eigenvalue weighted by Gasteiger charge is -2.28. The van der Waals surface area contributed by atoms with Gasteiger partial charge in [-0.05, 0) is 46.2 Å². The van der Waals surface area contributed by atoms with Gasteiger partial charge in [0.05, 0.1) is 17.2 Å². The summed E-state index contributed by atoms with van der Waals surface area (Å²) in [6.45, 7) is 8.63. The molecule has 3 rings (SSSR count). The van der Waals surface area contributed by atoms with Gasteiger partial charge in [0.15, 0.2) is 0 Å². The third-order valence-corrected chi connectivity index (χ3v) is 4.08. The topological polar surface area (TPSA) is 34.2 Å². The second-order valence-corrected chi connectivity index (χ2v) is 6.77. The molecule has 0 saturated carbocycles. The van der Waals surface area contributed by atoms with Crippen LogP contribution < -0.4 is 5.32 Å². The van der Waals surface area contributed by atoms with E-state index < -0.39 is 0 Å². The van der Waals surface area contributed by atoms with Gasteiger partial charge in [0, 0.05) is 28.9 Å². The van der Waals surface area contributed by atoms with Crippen LogP contribution in [-0.4, -0.2) is 22.2 Å². The molecule has 0 amide bonds. The number of ether oxygens (including phenoxy) is 1. The van der Waals surface area contributed by atoms with Gasteiger partial charge in [0.1, 0.15) is 0 Å². The number of nitrogens with zero attached hydrogens (tertiary/aromatic N) is 1. The summed E-state index contributed by atoms with van der Waals surface area (Å²) in [6.07, 6.45) is 4.75. The van der Waals surface area contributed by atoms with Crippen molar-refractivity contribution in [2.75, 3.05) is 5.32 Å². The number of hydrogen-bond acceptors (Lipinski definition) is 3. The Morgan fingerprint density at radius 2 is 2.00 bits per heavy atom. The molecule has 1 aromatic carbocycles. The standard InChI is InChI=1S/C17H22N2O/c1-16(2)10-15(17(3,4)20-16)19-14-7-5-6-12-11-18-9-8-13(12)14/h5-9,11,15,19H,10H2,1-4H3. The summed E-state index contributed by atoms with van der Waals surface area (Å²) < 4.78 is 6.16. The van der Waals surface area contributed by atoms with E-state index in [4.69, 9.17) is 4.74 Å². The number of rotatable bonds is 2. The Labute approximate surface area is 120 Å². The number of pyridine rings is 1. The predicted molar refractivity (Wildman–Crippen MR) is 83.0 cm³/mol. The van der Waals surface area contributed by atoms with Gasteiger partial charge in [-0.25, -0.2) is 0 Å². The first-order valence-electron chi connectivity index (χ1n) is 7.17. The molecule has 1 aromatic heterocycles. The summed E-state index contributed by atoms with van der Waals surface area (Å²) in [7, 11) is 0. The van der Waals surface area contributed by atoms with Crippen molar-refractivity contribution >= 4 is 16.5 Å². The lowest BCUT2D eigenvalue weighted by atomic mass is 9.94. The van der Waals surface area contributed by atoms with E-state index in [1.807, 2.05) is 12.4 Å². The Kier molecular flexibility index (Phi) is 2.98. The smallest absolute Gasteiger partial charge is 0.0834 e. The molecular formula is C17H22N2O. The van der Waals surface area contributed by atoms with E-state index in [1.54, 1.807) is 0 Å². The molecule has 1 unspecified atom stereocenters. The highest BCUT2D eigenvalue weighted by Crippen LogP contribution is 2.39. The summed E-state index contributed by atoms with van der Waals surface area (Å²) in [6, 6.07) is 8.65. The Balaban J connectivity index is 1.94. The molecular weight excluding hydrogens is 248 g/mol. The fourth-order valence-electron chi connectivity index (χ4n) is 3.22. The van der Waals surface area contributed by atoms with Crippen molar-refractivity contribution in [2.24, 2.45) is 0 Å². The van der Waals surface area contributed by atoms with E-state index in [0.717, 1.165) is 17.5 Å². The van der Waals surface area contributed by atoms with Crippen molar-refractivity contribution in [2.45, 2.75) is 51.4 Å². The van der Waals surface area contributed by atoms with Crippen LogP contribution in [0.5, 0.6) is 0 Å². The lowest BCUT2D eigenvalue weighted by molar-refractivity contribution is -0.0662. The normalized spacial score (nSPS) is 23.9. The minimum Gasteiger partial charge on any atom is -0.379 e. The summed E-state index contributed by atoms with van der Waals surface area (Å²) in [5, 5.41) is 6.05. The molecule has 1 aliphatic rings. The monoisotopic (exact) mass is 270 g/mol. The molecule has 1 atom stereocenters. The molecule has 1 aliphatic heterocycles. The zero-order valence-electron chi connectivity index (χ0n) is 12.6. The Hall–Kier alpha value is -1.61. The number of hydrogen-bond donors (Lipinski definition) is 1. The maximum atomic E-state index is 6.16. The van der Waals surface area contributed by atoms with Crippen molar-refractivity contribution in [3.05, 3.63) is 36.7 Å². The fourth-order valence-corrected chi connectivity index (χ4v) is 3.22. The molecule has 0 spiro atoms. The van der Waals surface area contributed by atoms with Crippen LogP contribution >= 0.6 is 0 Å². The van der Waals surface area contributed by atoms with Crippen LogP contribution in [0.4, 0.5) is 5.69 Å². The van der Waals surface area contributed by atoms with Crippen LogP contribution in [0.2, 0.25) is 0 Å². The van der Waals surface area contributed by atoms with Gasteiger partial charge >= 0.3 is 0 Å². The maximum absolute atomic E-state index is 6.16. The van der Waals surface area contributed by atoms with Gasteiger partial charge < -0.3 is 10.1 Å². The van der Waals surface area contributed by atoms with Crippen LogP contribution in [0, 0.1) is 0 Å². The molecule has 2 aromatic rings. The summed E-state index contributed by atoms with van der Waals surface area (Å²) in [4.78, 5) is 4.19. The molecule has 0 radical (unpaired) electrons. The third-order valence-electron chi connectivity index (χ3n) is 4.08. The Morgan fingerprint density at radius 3 is 2.70 bits per heavy atom. The van der Waals surface area contributed by atoms with Gasteiger partial charge in [-0.15, -0.1) is 0 Å². The lowest BCUT2D eigenvalue weighted by Crippen LogP contribution is -2.38. The van der Waals surface area contributed by atoms with Gasteiger partial charge in [0.2, 0.25) is 0 Å². The summed E-state index contributed by atoms with van der Waals surface area (Å²) in [5.41, 5.74) is 0.913. The van der Waals surface area contributed by atoms with Gasteiger partial charge in [-0.1, -0.05) is 12.1 Å². The van der Waals surface area contributed by atoms with E-state index in [1.165, 1.54) is 5.39 Å². The van der Waals surface area contributed by atoms with Crippen LogP contribution in [0.3, 0.4) is 0 Å². The fraction of sp³-hybridized carbons (Fsp3) is 0.471. The largest absolute Gasteiger partial charge is 0.379 e. The minimum absolute atomic E-state index is 0.0761. The summed E-state index contributed by atoms with van der Waals surface area (Å²) in [5.74, 6) is 0. The highest BCUT2D eigenvalue weighted by atomic mass is 16.5. The van der Waals surface area contributed by atoms with E-state index in [9.17, 15) is 0 Å². The average molecular weight is 270 g/mol. The molecule has 1 saturated heterocycles. The number of fused-ring (bicyclic) bond motifs is 1. The van der Waals surface area contributed by atoms with Crippen LogP contribution in [0.15, 0.2) is 36.7 Å². The van der Waals surface area contributed by atoms with Crippen molar-refractivity contribution in [3.8, 4) is 0 Å². The first kappa shape index (κ1) is 13.4. The molecule has 2 heterocycles. The van der Waals surface area contributed by atoms with Crippen molar-refractivity contribution in [1.29, 1.82) is 0 Å². The van der Waals surface area contributed by atoms with E-state index >= 15 is 0 Å². The van der Waals surface area contributed by atoms with Crippen molar-refractivity contribution < 1.29 is 4.74 Å². The summed E-state index contributed by atoms with van der Waals surface area (Å²) >= 11 is 0. The quantitative estimate of drug-likeness (QED) is 0.896. The predicted octanol–water partition coefficient (Wildman–Crippen LogP) is 3.99. The minimum atomic E-state index is -0.168. The third kappa shape index (κ3) is 2.38. The van der Waals surface area contributed by atoms with Crippen molar-refractivity contribution in [3.63, 3.8) is 0 Å². The number of aromatic nitrogens is 1. The van der Waals surface area contributed by atoms with E-state index in [2.05, 4.69) is 62.3 Å². The number of anilines is 1. The Morgan fingerprint density at radius 1 is 1.20 bits per heavy atom. The first-order chi connectivity index (χ1) is 9.37. The SMILES string of the molecule is CC1(C)CC(Nc2cccc3cnccc23)C(C)(C)O1. The average Bonchev–Trinajstić information content (AvgIpc) is 2.57. The molecule has 1 fully saturated rings. The molecule has 0 bridgehead atoms. The second-order valence-electron chi connectivity index (χ2n) is 6.77. The maximum Gasteiger partial charge on any atom is 0.0834 e. The van der Waals surface area contributed by atoms with Crippen LogP contribution in [-0.2, 0) is 4.74 Å². The van der Waals surface area contributed by atoms with Gasteiger partial charge in [0.25, 0.3) is 0 Å². The zero-order valence-corrected chi connectivity index (χ0v) is 12.6. The number of benzene rings is 1. The second kappa shape index (κ2) is 4.45. The van der Waals surface area contributed by atoms with Gasteiger partial charge in [-0.2, -0.15) is 0 Å². The highest BCUT2D eigenvalue weighted by Gasteiger charge is 2.45. The molecule has 3 nitrogen and oxygen atoms in total. The molecule has 1 N–H and O–H groups in total. The number of nitrogens with one attached hydrogen (secondary N) is 1. The molecule has 106 valence electrons. The molecule has 0 aliphatic carbocycles. The van der Waals surface area contributed by atoms with Crippen molar-refractivity contribution in [1.82, 2.24) is 4.98 Å². The first-order valence-corrected chi connectivity index (χ1v) is 7.17. The van der Waals surface area contributed by atoms with Gasteiger partial charge in [-0.3, -0.25) is 4.98 Å². The molecule has 3 heteroatoms. The van der Waals surface area contributed by atoms with E-state index in [0.29, 0.717) is 6.04 Å². The molecule has 20 heavy (non-hydrogen) atoms. The zero-order chi connectivity index (χ0) is 14.4.